The van der Waals surface area contributed by atoms with E-state index in [1.807, 2.05) is 43.3 Å². The van der Waals surface area contributed by atoms with Crippen LogP contribution in [0.15, 0.2) is 73.1 Å². The first kappa shape index (κ1) is 19.3. The predicted octanol–water partition coefficient (Wildman–Crippen LogP) is 4.64. The highest BCUT2D eigenvalue weighted by Crippen LogP contribution is 2.26. The smallest absolute Gasteiger partial charge is 0.337 e. The molecule has 6 nitrogen and oxygen atoms in total. The van der Waals surface area contributed by atoms with Crippen molar-refractivity contribution in [2.75, 3.05) is 12.4 Å². The highest BCUT2D eigenvalue weighted by atomic mass is 16.5. The number of carbonyl (C=O) groups excluding carboxylic acids is 2. The Morgan fingerprint density at radius 2 is 1.73 bits per heavy atom. The third-order valence-corrected chi connectivity index (χ3v) is 4.84. The van der Waals surface area contributed by atoms with Gasteiger partial charge >= 0.3 is 5.97 Å². The summed E-state index contributed by atoms with van der Waals surface area (Å²) in [6, 6.07) is 18.0. The highest BCUT2D eigenvalue weighted by Gasteiger charge is 2.16. The average molecular weight is 397 g/mol. The molecule has 6 heteroatoms. The Hall–Kier alpha value is -4.06. The standard InChI is InChI=1S/C24H19N3O3/c1-15-7-8-17(24(29)30-2)13-21(15)27-23(28)19-14-22(16-9-11-25-12-10-16)26-20-6-4-3-5-18(19)20/h3-14H,1-2H3,(H,27,28). The van der Waals surface area contributed by atoms with Crippen molar-refractivity contribution >= 4 is 28.5 Å². The highest BCUT2D eigenvalue weighted by molar-refractivity contribution is 6.13. The minimum absolute atomic E-state index is 0.283. The van der Waals surface area contributed by atoms with E-state index in [1.165, 1.54) is 7.11 Å². The molecule has 1 N–H and O–H groups in total. The van der Waals surface area contributed by atoms with Gasteiger partial charge in [0, 0.05) is 29.0 Å². The van der Waals surface area contributed by atoms with Crippen LogP contribution in [0, 0.1) is 6.92 Å². The molecule has 2 aromatic heterocycles. The van der Waals surface area contributed by atoms with Crippen LogP contribution in [0.3, 0.4) is 0 Å². The molecule has 0 aliphatic carbocycles. The van der Waals surface area contributed by atoms with Crippen molar-refractivity contribution in [3.8, 4) is 11.3 Å². The lowest BCUT2D eigenvalue weighted by molar-refractivity contribution is 0.0600. The summed E-state index contributed by atoms with van der Waals surface area (Å²) in [6.07, 6.45) is 3.38. The second-order valence-electron chi connectivity index (χ2n) is 6.78. The molecule has 2 aromatic carbocycles. The molecule has 0 spiro atoms. The van der Waals surface area contributed by atoms with Gasteiger partial charge in [-0.1, -0.05) is 24.3 Å². The lowest BCUT2D eigenvalue weighted by Gasteiger charge is -2.13. The number of carbonyl (C=O) groups is 2. The number of rotatable bonds is 4. The van der Waals surface area contributed by atoms with Crippen LogP contribution >= 0.6 is 0 Å². The second kappa shape index (κ2) is 8.13. The van der Waals surface area contributed by atoms with Gasteiger partial charge in [-0.05, 0) is 48.9 Å². The minimum atomic E-state index is -0.458. The van der Waals surface area contributed by atoms with Gasteiger partial charge in [0.15, 0.2) is 0 Å². The summed E-state index contributed by atoms with van der Waals surface area (Å²) in [4.78, 5) is 33.8. The van der Waals surface area contributed by atoms with E-state index in [0.717, 1.165) is 22.0 Å². The number of hydrogen-bond donors (Lipinski definition) is 1. The predicted molar refractivity (Wildman–Crippen MR) is 115 cm³/mol. The summed E-state index contributed by atoms with van der Waals surface area (Å²) in [5, 5.41) is 3.67. The molecule has 30 heavy (non-hydrogen) atoms. The van der Waals surface area contributed by atoms with Gasteiger partial charge in [-0.15, -0.1) is 0 Å². The third-order valence-electron chi connectivity index (χ3n) is 4.84. The van der Waals surface area contributed by atoms with E-state index in [4.69, 9.17) is 9.72 Å². The summed E-state index contributed by atoms with van der Waals surface area (Å²) in [5.74, 6) is -0.742. The zero-order valence-corrected chi connectivity index (χ0v) is 16.5. The summed E-state index contributed by atoms with van der Waals surface area (Å²) in [7, 11) is 1.32. The van der Waals surface area contributed by atoms with E-state index >= 15 is 0 Å². The number of nitrogens with one attached hydrogen (secondary N) is 1. The molecule has 0 fully saturated rings. The SMILES string of the molecule is COC(=O)c1ccc(C)c(NC(=O)c2cc(-c3ccncc3)nc3ccccc23)c1. The van der Waals surface area contributed by atoms with E-state index in [2.05, 4.69) is 10.3 Å². The average Bonchev–Trinajstić information content (AvgIpc) is 2.79. The zero-order valence-electron chi connectivity index (χ0n) is 16.5. The van der Waals surface area contributed by atoms with E-state index in [-0.39, 0.29) is 5.91 Å². The molecule has 0 unspecified atom stereocenters. The molecule has 0 atom stereocenters. The van der Waals surface area contributed by atoms with Gasteiger partial charge in [0.1, 0.15) is 0 Å². The molecule has 4 aromatic rings. The zero-order chi connectivity index (χ0) is 21.1. The molecule has 148 valence electrons. The number of amides is 1. The van der Waals surface area contributed by atoms with Gasteiger partial charge in [-0.25, -0.2) is 9.78 Å². The maximum Gasteiger partial charge on any atom is 0.337 e. The molecule has 0 bridgehead atoms. The number of aromatic nitrogens is 2. The topological polar surface area (TPSA) is 81.2 Å². The molecule has 0 radical (unpaired) electrons. The summed E-state index contributed by atoms with van der Waals surface area (Å²) < 4.78 is 4.78. The number of anilines is 1. The van der Waals surface area contributed by atoms with E-state index in [9.17, 15) is 9.59 Å². The van der Waals surface area contributed by atoms with Crippen LogP contribution in [0.5, 0.6) is 0 Å². The normalized spacial score (nSPS) is 10.6. The Morgan fingerprint density at radius 1 is 0.967 bits per heavy atom. The first-order valence-corrected chi connectivity index (χ1v) is 9.37. The van der Waals surface area contributed by atoms with E-state index in [1.54, 1.807) is 36.7 Å². The maximum atomic E-state index is 13.2. The Labute approximate surface area is 173 Å². The number of aryl methyl sites for hydroxylation is 1. The van der Waals surface area contributed by atoms with Crippen molar-refractivity contribution in [2.45, 2.75) is 6.92 Å². The molecular formula is C24H19N3O3. The number of nitrogens with zero attached hydrogens (tertiary/aromatic N) is 2. The monoisotopic (exact) mass is 397 g/mol. The number of methoxy groups -OCH3 is 1. The second-order valence-corrected chi connectivity index (χ2v) is 6.78. The molecular weight excluding hydrogens is 378 g/mol. The number of fused-ring (bicyclic) bond motifs is 1. The minimum Gasteiger partial charge on any atom is -0.465 e. The fourth-order valence-electron chi connectivity index (χ4n) is 3.22. The van der Waals surface area contributed by atoms with Crippen LogP contribution in [0.4, 0.5) is 5.69 Å². The summed E-state index contributed by atoms with van der Waals surface area (Å²) in [5.41, 5.74) is 4.52. The number of ether oxygens (including phenoxy) is 1. The maximum absolute atomic E-state index is 13.2. The van der Waals surface area contributed by atoms with Crippen molar-refractivity contribution in [1.29, 1.82) is 0 Å². The molecule has 0 saturated carbocycles. The van der Waals surface area contributed by atoms with Crippen molar-refractivity contribution in [2.24, 2.45) is 0 Å². The number of benzene rings is 2. The lowest BCUT2D eigenvalue weighted by atomic mass is 10.0. The Morgan fingerprint density at radius 3 is 2.50 bits per heavy atom. The molecule has 4 rings (SSSR count). The van der Waals surface area contributed by atoms with Crippen LogP contribution in [0.1, 0.15) is 26.3 Å². The van der Waals surface area contributed by atoms with Gasteiger partial charge in [-0.2, -0.15) is 0 Å². The van der Waals surface area contributed by atoms with Crippen LogP contribution < -0.4 is 5.32 Å². The number of hydrogen-bond acceptors (Lipinski definition) is 5. The van der Waals surface area contributed by atoms with Crippen molar-refractivity contribution in [3.05, 3.63) is 89.7 Å². The summed E-state index contributed by atoms with van der Waals surface area (Å²) in [6.45, 7) is 1.86. The largest absolute Gasteiger partial charge is 0.465 e. The fraction of sp³-hybridized carbons (Fsp3) is 0.0833. The van der Waals surface area contributed by atoms with Gasteiger partial charge < -0.3 is 10.1 Å². The van der Waals surface area contributed by atoms with Gasteiger partial charge in [0.25, 0.3) is 5.91 Å². The van der Waals surface area contributed by atoms with Crippen molar-refractivity contribution in [1.82, 2.24) is 9.97 Å². The third kappa shape index (κ3) is 3.75. The first-order valence-electron chi connectivity index (χ1n) is 9.37. The van der Waals surface area contributed by atoms with Gasteiger partial charge in [0.05, 0.1) is 29.4 Å². The molecule has 0 aliphatic rings. The van der Waals surface area contributed by atoms with Crippen LogP contribution in [0.2, 0.25) is 0 Å². The Kier molecular flexibility index (Phi) is 5.22. The van der Waals surface area contributed by atoms with Gasteiger partial charge in [0.2, 0.25) is 0 Å². The van der Waals surface area contributed by atoms with E-state index < -0.39 is 5.97 Å². The number of pyridine rings is 2. The lowest BCUT2D eigenvalue weighted by Crippen LogP contribution is -2.14. The Balaban J connectivity index is 1.78. The quantitative estimate of drug-likeness (QED) is 0.507. The first-order chi connectivity index (χ1) is 14.6. The van der Waals surface area contributed by atoms with Crippen LogP contribution in [0.25, 0.3) is 22.2 Å². The van der Waals surface area contributed by atoms with Crippen molar-refractivity contribution < 1.29 is 14.3 Å². The molecule has 2 heterocycles. The molecule has 0 aliphatic heterocycles. The molecule has 1 amide bonds. The fourth-order valence-corrected chi connectivity index (χ4v) is 3.22. The van der Waals surface area contributed by atoms with Crippen LogP contribution in [-0.2, 0) is 4.74 Å². The number of para-hydroxylation sites is 1. The van der Waals surface area contributed by atoms with E-state index in [0.29, 0.717) is 22.5 Å². The number of esters is 1. The Bertz CT molecular complexity index is 1250. The van der Waals surface area contributed by atoms with Gasteiger partial charge in [-0.3, -0.25) is 9.78 Å². The summed E-state index contributed by atoms with van der Waals surface area (Å²) >= 11 is 0. The van der Waals surface area contributed by atoms with Crippen LogP contribution in [-0.4, -0.2) is 29.0 Å². The van der Waals surface area contributed by atoms with Crippen molar-refractivity contribution in [3.63, 3.8) is 0 Å². The molecule has 0 saturated heterocycles.